The van der Waals surface area contributed by atoms with Gasteiger partial charge in [-0.3, -0.25) is 0 Å². The number of rotatable bonds is 1. The lowest BCUT2D eigenvalue weighted by Gasteiger charge is -2.23. The van der Waals surface area contributed by atoms with Crippen molar-refractivity contribution < 1.29 is 0 Å². The summed E-state index contributed by atoms with van der Waals surface area (Å²) < 4.78 is 2.02. The topological polar surface area (TPSA) is 42.7 Å². The van der Waals surface area contributed by atoms with Crippen molar-refractivity contribution in [3.8, 4) is 0 Å². The van der Waals surface area contributed by atoms with Crippen LogP contribution in [0.3, 0.4) is 0 Å². The van der Waals surface area contributed by atoms with E-state index in [1.807, 2.05) is 10.9 Å². The molecule has 1 N–H and O–H groups in total. The molecule has 2 heterocycles. The molecular formula is C8H14N4. The van der Waals surface area contributed by atoms with E-state index in [0.717, 1.165) is 18.8 Å². The lowest BCUT2D eigenvalue weighted by atomic mass is 10.1. The Hall–Kier alpha value is -0.900. The first kappa shape index (κ1) is 7.73. The number of nitrogens with zero attached hydrogens (tertiary/aromatic N) is 3. The molecule has 0 saturated carbocycles. The van der Waals surface area contributed by atoms with E-state index in [9.17, 15) is 0 Å². The third-order valence-electron chi connectivity index (χ3n) is 2.37. The second-order valence-electron chi connectivity index (χ2n) is 3.32. The molecule has 0 aliphatic carbocycles. The molecule has 12 heavy (non-hydrogen) atoms. The summed E-state index contributed by atoms with van der Waals surface area (Å²) in [7, 11) is 0. The van der Waals surface area contributed by atoms with Crippen molar-refractivity contribution in [1.29, 1.82) is 0 Å². The molecular weight excluding hydrogens is 152 g/mol. The molecule has 1 aromatic heterocycles. The second-order valence-corrected chi connectivity index (χ2v) is 3.32. The third kappa shape index (κ3) is 1.34. The molecule has 4 nitrogen and oxygen atoms in total. The molecule has 1 aliphatic rings. The molecule has 1 aliphatic heterocycles. The fourth-order valence-electron chi connectivity index (χ4n) is 1.70. The van der Waals surface area contributed by atoms with Crippen LogP contribution in [0.15, 0.2) is 6.20 Å². The molecule has 0 spiro atoms. The summed E-state index contributed by atoms with van der Waals surface area (Å²) >= 11 is 0. The van der Waals surface area contributed by atoms with Gasteiger partial charge in [-0.15, -0.1) is 5.10 Å². The Labute approximate surface area is 72.0 Å². The minimum absolute atomic E-state index is 0.515. The van der Waals surface area contributed by atoms with Crippen LogP contribution in [0.1, 0.15) is 24.6 Å². The zero-order valence-electron chi connectivity index (χ0n) is 7.32. The zero-order valence-corrected chi connectivity index (χ0v) is 7.32. The largest absolute Gasteiger partial charge is 0.315 e. The van der Waals surface area contributed by atoms with Crippen molar-refractivity contribution in [1.82, 2.24) is 20.3 Å². The Bertz CT molecular complexity index is 249. The van der Waals surface area contributed by atoms with Gasteiger partial charge >= 0.3 is 0 Å². The van der Waals surface area contributed by atoms with Gasteiger partial charge in [-0.05, 0) is 26.3 Å². The molecule has 1 saturated heterocycles. The predicted molar refractivity (Wildman–Crippen MR) is 45.9 cm³/mol. The van der Waals surface area contributed by atoms with Gasteiger partial charge < -0.3 is 5.32 Å². The van der Waals surface area contributed by atoms with E-state index < -0.39 is 0 Å². The first-order valence-corrected chi connectivity index (χ1v) is 4.45. The van der Waals surface area contributed by atoms with Crippen LogP contribution in [-0.4, -0.2) is 28.1 Å². The van der Waals surface area contributed by atoms with Crippen LogP contribution >= 0.6 is 0 Å². The summed E-state index contributed by atoms with van der Waals surface area (Å²) in [6.45, 7) is 4.23. The summed E-state index contributed by atoms with van der Waals surface area (Å²) in [5.41, 5.74) is 1.16. The van der Waals surface area contributed by atoms with Gasteiger partial charge in [0.1, 0.15) is 0 Å². The van der Waals surface area contributed by atoms with Gasteiger partial charge in [0.05, 0.1) is 17.9 Å². The van der Waals surface area contributed by atoms with Gasteiger partial charge in [0.2, 0.25) is 0 Å². The molecule has 1 atom stereocenters. The number of aromatic nitrogens is 3. The van der Waals surface area contributed by atoms with Gasteiger partial charge in [-0.2, -0.15) is 0 Å². The number of aryl methyl sites for hydroxylation is 1. The van der Waals surface area contributed by atoms with Crippen molar-refractivity contribution in [3.63, 3.8) is 0 Å². The summed E-state index contributed by atoms with van der Waals surface area (Å²) in [6, 6.07) is 0.515. The van der Waals surface area contributed by atoms with Crippen LogP contribution in [0.5, 0.6) is 0 Å². The average Bonchev–Trinajstić information content (AvgIpc) is 2.53. The summed E-state index contributed by atoms with van der Waals surface area (Å²) in [5, 5.41) is 11.3. The monoisotopic (exact) mass is 166 g/mol. The minimum atomic E-state index is 0.515. The summed E-state index contributed by atoms with van der Waals surface area (Å²) in [4.78, 5) is 0. The maximum atomic E-state index is 4.07. The number of hydrogen-bond donors (Lipinski definition) is 1. The number of piperidine rings is 1. The maximum Gasteiger partial charge on any atom is 0.0722 e. The standard InChI is InChI=1S/C8H14N4/c1-7-5-10-11-12(7)8-3-2-4-9-6-8/h5,8-9H,2-4,6H2,1H3. The van der Waals surface area contributed by atoms with Gasteiger partial charge in [-0.1, -0.05) is 5.21 Å². The molecule has 0 aromatic carbocycles. The fraction of sp³-hybridized carbons (Fsp3) is 0.750. The van der Waals surface area contributed by atoms with E-state index >= 15 is 0 Å². The van der Waals surface area contributed by atoms with Crippen LogP contribution in [0.2, 0.25) is 0 Å². The fourth-order valence-corrected chi connectivity index (χ4v) is 1.70. The molecule has 0 bridgehead atoms. The number of nitrogens with one attached hydrogen (secondary N) is 1. The minimum Gasteiger partial charge on any atom is -0.315 e. The Morgan fingerprint density at radius 1 is 1.67 bits per heavy atom. The molecule has 1 unspecified atom stereocenters. The van der Waals surface area contributed by atoms with Crippen molar-refractivity contribution in [2.75, 3.05) is 13.1 Å². The van der Waals surface area contributed by atoms with Crippen molar-refractivity contribution in [2.45, 2.75) is 25.8 Å². The molecule has 1 fully saturated rings. The SMILES string of the molecule is Cc1cnnn1C1CCCNC1. The van der Waals surface area contributed by atoms with Crippen LogP contribution in [-0.2, 0) is 0 Å². The molecule has 1 aromatic rings. The highest BCUT2D eigenvalue weighted by Crippen LogP contribution is 2.16. The zero-order chi connectivity index (χ0) is 8.39. The van der Waals surface area contributed by atoms with Gasteiger partial charge in [0, 0.05) is 6.54 Å². The van der Waals surface area contributed by atoms with E-state index in [1.54, 1.807) is 0 Å². The highest BCUT2D eigenvalue weighted by Gasteiger charge is 2.16. The first-order valence-electron chi connectivity index (χ1n) is 4.45. The Kier molecular flexibility index (Phi) is 2.08. The Morgan fingerprint density at radius 3 is 3.17 bits per heavy atom. The normalized spacial score (nSPS) is 24.2. The highest BCUT2D eigenvalue weighted by molar-refractivity contribution is 4.92. The Morgan fingerprint density at radius 2 is 2.58 bits per heavy atom. The van der Waals surface area contributed by atoms with Crippen LogP contribution < -0.4 is 5.32 Å². The van der Waals surface area contributed by atoms with E-state index in [-0.39, 0.29) is 0 Å². The quantitative estimate of drug-likeness (QED) is 0.661. The molecule has 4 heteroatoms. The van der Waals surface area contributed by atoms with Crippen molar-refractivity contribution >= 4 is 0 Å². The lowest BCUT2D eigenvalue weighted by molar-refractivity contribution is 0.336. The van der Waals surface area contributed by atoms with Gasteiger partial charge in [0.15, 0.2) is 0 Å². The second kappa shape index (κ2) is 3.23. The average molecular weight is 166 g/mol. The predicted octanol–water partition coefficient (Wildman–Crippen LogP) is 0.511. The van der Waals surface area contributed by atoms with Gasteiger partial charge in [-0.25, -0.2) is 4.68 Å². The lowest BCUT2D eigenvalue weighted by Crippen LogP contribution is -2.32. The van der Waals surface area contributed by atoms with E-state index in [0.29, 0.717) is 6.04 Å². The first-order chi connectivity index (χ1) is 5.88. The van der Waals surface area contributed by atoms with E-state index in [2.05, 4.69) is 22.6 Å². The van der Waals surface area contributed by atoms with Crippen LogP contribution in [0.4, 0.5) is 0 Å². The van der Waals surface area contributed by atoms with Gasteiger partial charge in [0.25, 0.3) is 0 Å². The molecule has 2 rings (SSSR count). The molecule has 0 radical (unpaired) electrons. The van der Waals surface area contributed by atoms with Crippen molar-refractivity contribution in [2.24, 2.45) is 0 Å². The highest BCUT2D eigenvalue weighted by atomic mass is 15.4. The molecule has 0 amide bonds. The van der Waals surface area contributed by atoms with Crippen LogP contribution in [0, 0.1) is 6.92 Å². The molecule has 66 valence electrons. The number of hydrogen-bond acceptors (Lipinski definition) is 3. The smallest absolute Gasteiger partial charge is 0.0722 e. The summed E-state index contributed by atoms with van der Waals surface area (Å²) in [6.07, 6.45) is 4.27. The van der Waals surface area contributed by atoms with Crippen LogP contribution in [0.25, 0.3) is 0 Å². The van der Waals surface area contributed by atoms with E-state index in [4.69, 9.17) is 0 Å². The maximum absolute atomic E-state index is 4.07. The summed E-state index contributed by atoms with van der Waals surface area (Å²) in [5.74, 6) is 0. The third-order valence-corrected chi connectivity index (χ3v) is 2.37. The van der Waals surface area contributed by atoms with Crippen molar-refractivity contribution in [3.05, 3.63) is 11.9 Å². The Balaban J connectivity index is 2.13. The van der Waals surface area contributed by atoms with E-state index in [1.165, 1.54) is 12.8 Å².